The highest BCUT2D eigenvalue weighted by atomic mass is 31.2. The van der Waals surface area contributed by atoms with Gasteiger partial charge in [-0.1, -0.05) is 170 Å². The lowest BCUT2D eigenvalue weighted by Crippen LogP contribution is -2.37. The smallest absolute Gasteiger partial charge is 0.171 e. The third-order valence-corrected chi connectivity index (χ3v) is 14.4. The van der Waals surface area contributed by atoms with E-state index in [0.717, 1.165) is 49.7 Å². The molecule has 0 amide bonds. The number of para-hydroxylation sites is 4. The van der Waals surface area contributed by atoms with Gasteiger partial charge in [0.1, 0.15) is 11.5 Å². The van der Waals surface area contributed by atoms with Crippen LogP contribution in [0.1, 0.15) is 22.3 Å². The SMILES string of the molecule is O=P(c1ccccc1)(c1ccccc1)c1ccc(-c2ccc3c(c2)Oc2ccccc2C32c3ccccc3-n3c4ccccc4c4cccc2c43)cc1. The monoisotopic (exact) mass is 697 g/mol. The molecule has 250 valence electrons. The fourth-order valence-corrected chi connectivity index (χ4v) is 11.7. The van der Waals surface area contributed by atoms with Gasteiger partial charge < -0.3 is 13.9 Å². The summed E-state index contributed by atoms with van der Waals surface area (Å²) in [6, 6.07) is 67.5. The van der Waals surface area contributed by atoms with Gasteiger partial charge in [-0.05, 0) is 46.5 Å². The van der Waals surface area contributed by atoms with Crippen LogP contribution >= 0.6 is 7.14 Å². The van der Waals surface area contributed by atoms with Crippen molar-refractivity contribution in [2.45, 2.75) is 5.41 Å². The van der Waals surface area contributed by atoms with E-state index in [2.05, 4.69) is 126 Å². The number of hydrogen-bond acceptors (Lipinski definition) is 2. The van der Waals surface area contributed by atoms with Gasteiger partial charge in [-0.3, -0.25) is 0 Å². The summed E-state index contributed by atoms with van der Waals surface area (Å²) in [5, 5.41) is 4.96. The van der Waals surface area contributed by atoms with Crippen molar-refractivity contribution in [2.24, 2.45) is 0 Å². The molecule has 9 aromatic rings. The summed E-state index contributed by atoms with van der Waals surface area (Å²) >= 11 is 0. The Kier molecular flexibility index (Phi) is 6.44. The van der Waals surface area contributed by atoms with Crippen molar-refractivity contribution in [3.8, 4) is 28.3 Å². The number of ether oxygens (including phenoxy) is 1. The summed E-state index contributed by atoms with van der Waals surface area (Å²) in [6.45, 7) is 0. The molecule has 1 atom stereocenters. The fourth-order valence-electron chi connectivity index (χ4n) is 9.09. The molecule has 0 saturated heterocycles. The number of benzene rings is 8. The van der Waals surface area contributed by atoms with E-state index in [1.165, 1.54) is 38.6 Å². The molecule has 0 aliphatic carbocycles. The molecule has 1 unspecified atom stereocenters. The second kappa shape index (κ2) is 11.3. The molecule has 1 aromatic heterocycles. The summed E-state index contributed by atoms with van der Waals surface area (Å²) in [7, 11) is -3.08. The first kappa shape index (κ1) is 30.2. The summed E-state index contributed by atoms with van der Waals surface area (Å²) in [6.07, 6.45) is 0. The molecular formula is C49H32NO2P. The fraction of sp³-hybridized carbons (Fsp3) is 0.0204. The Balaban J connectivity index is 1.11. The molecular weight excluding hydrogens is 666 g/mol. The molecule has 0 radical (unpaired) electrons. The Bertz CT molecular complexity index is 2900. The van der Waals surface area contributed by atoms with Crippen LogP contribution in [-0.2, 0) is 9.98 Å². The number of fused-ring (bicyclic) bond motifs is 11. The molecule has 0 fully saturated rings. The van der Waals surface area contributed by atoms with Crippen molar-refractivity contribution >= 4 is 44.9 Å². The van der Waals surface area contributed by atoms with Gasteiger partial charge in [-0.2, -0.15) is 0 Å². The number of aromatic nitrogens is 1. The second-order valence-electron chi connectivity index (χ2n) is 14.0. The van der Waals surface area contributed by atoms with Gasteiger partial charge >= 0.3 is 0 Å². The van der Waals surface area contributed by atoms with Crippen LogP contribution < -0.4 is 20.7 Å². The highest BCUT2D eigenvalue weighted by Crippen LogP contribution is 2.60. The van der Waals surface area contributed by atoms with Gasteiger partial charge in [0.2, 0.25) is 0 Å². The molecule has 11 rings (SSSR count). The van der Waals surface area contributed by atoms with Crippen molar-refractivity contribution in [3.05, 3.63) is 216 Å². The van der Waals surface area contributed by atoms with Crippen LogP contribution in [-0.4, -0.2) is 4.57 Å². The lowest BCUT2D eigenvalue weighted by molar-refractivity contribution is 0.434. The number of hydrogen-bond donors (Lipinski definition) is 0. The average molecular weight is 698 g/mol. The zero-order valence-corrected chi connectivity index (χ0v) is 29.6. The predicted molar refractivity (Wildman–Crippen MR) is 218 cm³/mol. The third kappa shape index (κ3) is 4.09. The molecule has 53 heavy (non-hydrogen) atoms. The average Bonchev–Trinajstić information content (AvgIpc) is 3.58. The van der Waals surface area contributed by atoms with Crippen molar-refractivity contribution < 1.29 is 9.30 Å². The Morgan fingerprint density at radius 2 is 1.00 bits per heavy atom. The zero-order valence-electron chi connectivity index (χ0n) is 28.7. The van der Waals surface area contributed by atoms with Gasteiger partial charge in [0.25, 0.3) is 0 Å². The quantitative estimate of drug-likeness (QED) is 0.171. The van der Waals surface area contributed by atoms with E-state index in [1.54, 1.807) is 0 Å². The Morgan fingerprint density at radius 1 is 0.434 bits per heavy atom. The highest BCUT2D eigenvalue weighted by molar-refractivity contribution is 7.85. The minimum absolute atomic E-state index is 0.606. The minimum Gasteiger partial charge on any atom is -0.457 e. The van der Waals surface area contributed by atoms with Crippen molar-refractivity contribution in [2.75, 3.05) is 0 Å². The Morgan fingerprint density at radius 3 is 1.77 bits per heavy atom. The van der Waals surface area contributed by atoms with E-state index in [1.807, 2.05) is 72.8 Å². The number of nitrogens with zero attached hydrogens (tertiary/aromatic N) is 1. The zero-order chi connectivity index (χ0) is 35.1. The molecule has 0 bridgehead atoms. The lowest BCUT2D eigenvalue weighted by Gasteiger charge is -2.45. The minimum atomic E-state index is -3.08. The van der Waals surface area contributed by atoms with E-state index in [4.69, 9.17) is 4.74 Å². The Hall–Kier alpha value is -6.41. The van der Waals surface area contributed by atoms with Gasteiger partial charge in [-0.15, -0.1) is 0 Å². The van der Waals surface area contributed by atoms with Crippen LogP contribution in [0.5, 0.6) is 11.5 Å². The molecule has 3 nitrogen and oxygen atoms in total. The maximum Gasteiger partial charge on any atom is 0.171 e. The van der Waals surface area contributed by atoms with Crippen LogP contribution in [0.15, 0.2) is 194 Å². The second-order valence-corrected chi connectivity index (χ2v) is 16.7. The number of rotatable bonds is 4. The summed E-state index contributed by atoms with van der Waals surface area (Å²) in [5.74, 6) is 1.69. The summed E-state index contributed by atoms with van der Waals surface area (Å²) in [5.41, 5.74) is 9.82. The molecule has 8 aromatic carbocycles. The lowest BCUT2D eigenvalue weighted by atomic mass is 9.61. The largest absolute Gasteiger partial charge is 0.457 e. The molecule has 1 spiro atoms. The van der Waals surface area contributed by atoms with Gasteiger partial charge in [0.05, 0.1) is 22.1 Å². The summed E-state index contributed by atoms with van der Waals surface area (Å²) in [4.78, 5) is 0. The molecule has 4 heteroatoms. The van der Waals surface area contributed by atoms with Crippen molar-refractivity contribution in [1.82, 2.24) is 4.57 Å². The molecule has 0 N–H and O–H groups in total. The van der Waals surface area contributed by atoms with Crippen LogP contribution in [0, 0.1) is 0 Å². The topological polar surface area (TPSA) is 31.2 Å². The maximum atomic E-state index is 15.0. The van der Waals surface area contributed by atoms with Crippen LogP contribution in [0.3, 0.4) is 0 Å². The van der Waals surface area contributed by atoms with Gasteiger partial charge in [-0.25, -0.2) is 0 Å². The first-order valence-corrected chi connectivity index (χ1v) is 19.7. The van der Waals surface area contributed by atoms with Crippen molar-refractivity contribution in [1.29, 1.82) is 0 Å². The van der Waals surface area contributed by atoms with Crippen LogP contribution in [0.4, 0.5) is 0 Å². The van der Waals surface area contributed by atoms with Crippen LogP contribution in [0.25, 0.3) is 38.6 Å². The van der Waals surface area contributed by atoms with E-state index in [9.17, 15) is 0 Å². The van der Waals surface area contributed by atoms with Crippen LogP contribution in [0.2, 0.25) is 0 Å². The molecule has 2 aliphatic heterocycles. The first-order chi connectivity index (χ1) is 26.2. The molecule has 0 saturated carbocycles. The normalized spacial score (nSPS) is 15.5. The first-order valence-electron chi connectivity index (χ1n) is 18.0. The van der Waals surface area contributed by atoms with Gasteiger partial charge in [0.15, 0.2) is 7.14 Å². The Labute approximate surface area is 307 Å². The maximum absolute atomic E-state index is 15.0. The van der Waals surface area contributed by atoms with Gasteiger partial charge in [0, 0.05) is 37.8 Å². The van der Waals surface area contributed by atoms with Crippen molar-refractivity contribution in [3.63, 3.8) is 0 Å². The van der Waals surface area contributed by atoms with E-state index in [0.29, 0.717) is 0 Å². The van der Waals surface area contributed by atoms with E-state index < -0.39 is 12.6 Å². The third-order valence-electron chi connectivity index (χ3n) is 11.3. The van der Waals surface area contributed by atoms with E-state index >= 15 is 4.57 Å². The van der Waals surface area contributed by atoms with E-state index in [-0.39, 0.29) is 0 Å². The predicted octanol–water partition coefficient (Wildman–Crippen LogP) is 10.9. The standard InChI is InChI=1S/C49H32NO2P/c51-53(35-14-3-1-4-15-35,36-16-5-2-6-17-36)37-29-26-33(27-30-37)34-28-31-42-47(32-34)52-46-25-12-9-21-41(46)49(42)40-20-8-11-24-45(40)50-44-23-10-7-18-38(44)39-19-13-22-43(49)48(39)50/h1-32H. The molecule has 2 aliphatic rings. The summed E-state index contributed by atoms with van der Waals surface area (Å²) < 4.78 is 24.4. The highest BCUT2D eigenvalue weighted by Gasteiger charge is 2.50. The molecule has 3 heterocycles.